The van der Waals surface area contributed by atoms with Crippen LogP contribution in [-0.4, -0.2) is 33.3 Å². The van der Waals surface area contributed by atoms with Crippen LogP contribution in [0.3, 0.4) is 0 Å². The lowest BCUT2D eigenvalue weighted by molar-refractivity contribution is -0.136. The van der Waals surface area contributed by atoms with Crippen LogP contribution in [0.2, 0.25) is 0 Å². The van der Waals surface area contributed by atoms with Crippen molar-refractivity contribution in [2.45, 2.75) is 25.2 Å². The molecule has 0 atom stereocenters. The van der Waals surface area contributed by atoms with Gasteiger partial charge in [-0.3, -0.25) is 9.59 Å². The van der Waals surface area contributed by atoms with E-state index in [9.17, 15) is 9.59 Å². The van der Waals surface area contributed by atoms with E-state index in [1.165, 1.54) is 0 Å². The first-order chi connectivity index (χ1) is 10.6. The van der Waals surface area contributed by atoms with E-state index < -0.39 is 5.97 Å². The number of carboxylic acids is 1. The number of hydrogen-bond acceptors (Lipinski definition) is 3. The van der Waals surface area contributed by atoms with Crippen LogP contribution in [-0.2, 0) is 4.79 Å². The van der Waals surface area contributed by atoms with E-state index in [1.54, 1.807) is 10.7 Å². The first-order valence-corrected chi connectivity index (χ1v) is 7.30. The molecule has 6 heteroatoms. The van der Waals surface area contributed by atoms with Crippen LogP contribution in [0.4, 0.5) is 0 Å². The third-order valence-corrected chi connectivity index (χ3v) is 3.58. The maximum Gasteiger partial charge on any atom is 0.305 e. The fraction of sp³-hybridized carbons (Fsp3) is 0.312. The Hall–Kier alpha value is -2.63. The maximum absolute atomic E-state index is 12.3. The Morgan fingerprint density at radius 2 is 2.00 bits per heavy atom. The number of benzene rings is 1. The molecule has 2 aromatic rings. The normalized spacial score (nSPS) is 13.8. The Balaban J connectivity index is 1.85. The maximum atomic E-state index is 12.3. The largest absolute Gasteiger partial charge is 0.481 e. The Labute approximate surface area is 127 Å². The van der Waals surface area contributed by atoms with Crippen molar-refractivity contribution in [3.8, 4) is 5.69 Å². The summed E-state index contributed by atoms with van der Waals surface area (Å²) in [5.41, 5.74) is 2.18. The highest BCUT2D eigenvalue weighted by Crippen LogP contribution is 2.39. The summed E-state index contributed by atoms with van der Waals surface area (Å²) < 4.78 is 1.63. The zero-order valence-corrected chi connectivity index (χ0v) is 12.0. The van der Waals surface area contributed by atoms with Crippen LogP contribution in [0.15, 0.2) is 36.4 Å². The van der Waals surface area contributed by atoms with E-state index in [-0.39, 0.29) is 18.9 Å². The van der Waals surface area contributed by atoms with Gasteiger partial charge in [0, 0.05) is 12.5 Å². The molecule has 0 aliphatic heterocycles. The van der Waals surface area contributed by atoms with Crippen molar-refractivity contribution < 1.29 is 14.7 Å². The molecule has 1 saturated carbocycles. The SMILES string of the molecule is O=C(O)CCNC(=O)c1cc(C2CC2)nn1-c1ccccc1. The number of rotatable bonds is 6. The lowest BCUT2D eigenvalue weighted by Crippen LogP contribution is -2.28. The Morgan fingerprint density at radius 3 is 2.64 bits per heavy atom. The highest BCUT2D eigenvalue weighted by atomic mass is 16.4. The van der Waals surface area contributed by atoms with Gasteiger partial charge in [0.05, 0.1) is 17.8 Å². The van der Waals surface area contributed by atoms with Gasteiger partial charge in [-0.25, -0.2) is 4.68 Å². The fourth-order valence-electron chi connectivity index (χ4n) is 2.28. The molecular weight excluding hydrogens is 282 g/mol. The number of carboxylic acid groups (broad SMARTS) is 1. The molecule has 1 aromatic carbocycles. The Morgan fingerprint density at radius 1 is 1.27 bits per heavy atom. The minimum absolute atomic E-state index is 0.0965. The number of nitrogens with zero attached hydrogens (tertiary/aromatic N) is 2. The quantitative estimate of drug-likeness (QED) is 0.854. The highest BCUT2D eigenvalue weighted by molar-refractivity contribution is 5.93. The summed E-state index contributed by atoms with van der Waals surface area (Å²) in [6.07, 6.45) is 2.11. The summed E-state index contributed by atoms with van der Waals surface area (Å²) in [6.45, 7) is 0.104. The zero-order valence-electron chi connectivity index (χ0n) is 12.0. The molecule has 22 heavy (non-hydrogen) atoms. The summed E-state index contributed by atoms with van der Waals surface area (Å²) >= 11 is 0. The molecule has 1 fully saturated rings. The van der Waals surface area contributed by atoms with Gasteiger partial charge < -0.3 is 10.4 Å². The molecule has 0 bridgehead atoms. The van der Waals surface area contributed by atoms with E-state index in [4.69, 9.17) is 5.11 Å². The van der Waals surface area contributed by atoms with Crippen LogP contribution in [0.25, 0.3) is 5.69 Å². The van der Waals surface area contributed by atoms with Crippen LogP contribution in [0.1, 0.15) is 41.4 Å². The number of aliphatic carboxylic acids is 1. The standard InChI is InChI=1S/C16H17N3O3/c20-15(21)8-9-17-16(22)14-10-13(11-6-7-11)18-19(14)12-4-2-1-3-5-12/h1-5,10-11H,6-9H2,(H,17,22)(H,20,21). The van der Waals surface area contributed by atoms with Crippen molar-refractivity contribution in [2.24, 2.45) is 0 Å². The molecule has 114 valence electrons. The predicted octanol–water partition coefficient (Wildman–Crippen LogP) is 1.95. The van der Waals surface area contributed by atoms with E-state index >= 15 is 0 Å². The second-order valence-electron chi connectivity index (χ2n) is 5.38. The monoisotopic (exact) mass is 299 g/mol. The van der Waals surface area contributed by atoms with Gasteiger partial charge in [0.2, 0.25) is 0 Å². The number of carbonyl (C=O) groups is 2. The molecule has 0 unspecified atom stereocenters. The van der Waals surface area contributed by atoms with E-state index in [0.717, 1.165) is 24.2 Å². The number of hydrogen-bond donors (Lipinski definition) is 2. The second-order valence-corrected chi connectivity index (χ2v) is 5.38. The van der Waals surface area contributed by atoms with Crippen molar-refractivity contribution >= 4 is 11.9 Å². The molecule has 1 aliphatic rings. The first kappa shape index (κ1) is 14.3. The molecular formula is C16H17N3O3. The average Bonchev–Trinajstić information content (AvgIpc) is 3.26. The first-order valence-electron chi connectivity index (χ1n) is 7.30. The van der Waals surface area contributed by atoms with Gasteiger partial charge in [0.25, 0.3) is 5.91 Å². The number of para-hydroxylation sites is 1. The second kappa shape index (κ2) is 6.01. The lowest BCUT2D eigenvalue weighted by atomic mass is 10.2. The average molecular weight is 299 g/mol. The van der Waals surface area contributed by atoms with Crippen molar-refractivity contribution in [3.63, 3.8) is 0 Å². The molecule has 1 heterocycles. The summed E-state index contributed by atoms with van der Waals surface area (Å²) in [5.74, 6) is -0.796. The molecule has 0 radical (unpaired) electrons. The molecule has 6 nitrogen and oxygen atoms in total. The number of carbonyl (C=O) groups excluding carboxylic acids is 1. The minimum atomic E-state index is -0.935. The summed E-state index contributed by atoms with van der Waals surface area (Å²) in [4.78, 5) is 22.9. The van der Waals surface area contributed by atoms with Gasteiger partial charge in [0.1, 0.15) is 5.69 Å². The number of nitrogens with one attached hydrogen (secondary N) is 1. The number of aromatic nitrogens is 2. The summed E-state index contributed by atoms with van der Waals surface area (Å²) in [6, 6.07) is 11.3. The molecule has 1 aromatic heterocycles. The van der Waals surface area contributed by atoms with Crippen LogP contribution in [0, 0.1) is 0 Å². The summed E-state index contributed by atoms with van der Waals surface area (Å²) in [7, 11) is 0. The van der Waals surface area contributed by atoms with Crippen LogP contribution >= 0.6 is 0 Å². The Bertz CT molecular complexity index is 690. The van der Waals surface area contributed by atoms with Gasteiger partial charge in [-0.1, -0.05) is 18.2 Å². The topological polar surface area (TPSA) is 84.2 Å². The van der Waals surface area contributed by atoms with Gasteiger partial charge in [-0.2, -0.15) is 5.10 Å². The Kier molecular flexibility index (Phi) is 3.91. The van der Waals surface area contributed by atoms with Gasteiger partial charge >= 0.3 is 5.97 Å². The minimum Gasteiger partial charge on any atom is -0.481 e. The molecule has 1 aliphatic carbocycles. The third-order valence-electron chi connectivity index (χ3n) is 3.58. The molecule has 1 amide bonds. The van der Waals surface area contributed by atoms with E-state index in [0.29, 0.717) is 11.6 Å². The summed E-state index contributed by atoms with van der Waals surface area (Å²) in [5, 5.41) is 15.8. The fourth-order valence-corrected chi connectivity index (χ4v) is 2.28. The molecule has 2 N–H and O–H groups in total. The lowest BCUT2D eigenvalue weighted by Gasteiger charge is -2.07. The number of amides is 1. The predicted molar refractivity (Wildman–Crippen MR) is 80.1 cm³/mol. The molecule has 0 saturated heterocycles. The van der Waals surface area contributed by atoms with E-state index in [2.05, 4.69) is 10.4 Å². The van der Waals surface area contributed by atoms with Crippen molar-refractivity contribution in [2.75, 3.05) is 6.54 Å². The van der Waals surface area contributed by atoms with Crippen molar-refractivity contribution in [1.82, 2.24) is 15.1 Å². The zero-order chi connectivity index (χ0) is 15.5. The van der Waals surface area contributed by atoms with Crippen LogP contribution in [0.5, 0.6) is 0 Å². The highest BCUT2D eigenvalue weighted by Gasteiger charge is 2.28. The van der Waals surface area contributed by atoms with Crippen molar-refractivity contribution in [1.29, 1.82) is 0 Å². The van der Waals surface area contributed by atoms with Gasteiger partial charge in [0.15, 0.2) is 0 Å². The van der Waals surface area contributed by atoms with E-state index in [1.807, 2.05) is 30.3 Å². The smallest absolute Gasteiger partial charge is 0.305 e. The molecule has 3 rings (SSSR count). The third kappa shape index (κ3) is 3.16. The molecule has 0 spiro atoms. The van der Waals surface area contributed by atoms with Gasteiger partial charge in [-0.15, -0.1) is 0 Å². The van der Waals surface area contributed by atoms with Crippen LogP contribution < -0.4 is 5.32 Å². The van der Waals surface area contributed by atoms with Crippen molar-refractivity contribution in [3.05, 3.63) is 47.8 Å². The van der Waals surface area contributed by atoms with Gasteiger partial charge in [-0.05, 0) is 31.0 Å².